The summed E-state index contributed by atoms with van der Waals surface area (Å²) >= 11 is 5.31. The summed E-state index contributed by atoms with van der Waals surface area (Å²) in [5, 5.41) is 2.59. The maximum absolute atomic E-state index is 10.7. The van der Waals surface area contributed by atoms with Gasteiger partial charge in [0, 0.05) is 12.3 Å². The van der Waals surface area contributed by atoms with Gasteiger partial charge < -0.3 is 5.32 Å². The molecule has 0 aliphatic rings. The second-order valence-corrected chi connectivity index (χ2v) is 2.02. The summed E-state index contributed by atoms with van der Waals surface area (Å²) in [7, 11) is 0. The monoisotopic (exact) mass is 159 g/mol. The van der Waals surface area contributed by atoms with Crippen molar-refractivity contribution in [3.05, 3.63) is 0 Å². The topological polar surface area (TPSA) is 29.1 Å². The van der Waals surface area contributed by atoms with Crippen LogP contribution in [0.4, 0.5) is 0 Å². The van der Waals surface area contributed by atoms with Crippen molar-refractivity contribution in [2.45, 2.75) is 13.3 Å². The number of hydrogen-bond donors (Lipinski definition) is 1. The standard InChI is InChI=1S/C7H10ClNO/c1-2-3-6-9-7(10)4-5-8/h4-6H2,1H3,(H,9,10). The molecule has 2 nitrogen and oxygen atoms in total. The Bertz CT molecular complexity index is 157. The Morgan fingerprint density at radius 1 is 1.70 bits per heavy atom. The first kappa shape index (κ1) is 9.32. The van der Waals surface area contributed by atoms with Crippen molar-refractivity contribution >= 4 is 17.5 Å². The summed E-state index contributed by atoms with van der Waals surface area (Å²) in [5.41, 5.74) is 0. The molecular weight excluding hydrogens is 150 g/mol. The van der Waals surface area contributed by atoms with E-state index in [1.807, 2.05) is 0 Å². The molecule has 3 heteroatoms. The number of amides is 1. The molecule has 0 saturated carbocycles. The zero-order chi connectivity index (χ0) is 7.82. The van der Waals surface area contributed by atoms with E-state index < -0.39 is 0 Å². The third-order valence-electron chi connectivity index (χ3n) is 0.872. The van der Waals surface area contributed by atoms with Crippen molar-refractivity contribution in [1.29, 1.82) is 0 Å². The molecule has 0 aliphatic carbocycles. The summed E-state index contributed by atoms with van der Waals surface area (Å²) in [6.45, 7) is 2.15. The molecule has 0 radical (unpaired) electrons. The molecule has 0 fully saturated rings. The number of halogens is 1. The van der Waals surface area contributed by atoms with Gasteiger partial charge in [0.05, 0.1) is 6.54 Å². The predicted octanol–water partition coefficient (Wildman–Crippen LogP) is 0.755. The highest BCUT2D eigenvalue weighted by Crippen LogP contribution is 1.82. The average molecular weight is 160 g/mol. The zero-order valence-electron chi connectivity index (χ0n) is 5.91. The quantitative estimate of drug-likeness (QED) is 0.478. The minimum Gasteiger partial charge on any atom is -0.345 e. The number of nitrogens with one attached hydrogen (secondary N) is 1. The van der Waals surface area contributed by atoms with E-state index in [-0.39, 0.29) is 5.91 Å². The minimum atomic E-state index is -0.0437. The van der Waals surface area contributed by atoms with Gasteiger partial charge in [-0.15, -0.1) is 17.5 Å². The van der Waals surface area contributed by atoms with E-state index in [0.29, 0.717) is 18.8 Å². The molecule has 0 unspecified atom stereocenters. The zero-order valence-corrected chi connectivity index (χ0v) is 6.66. The SMILES string of the molecule is CC#CCNC(=O)CCCl. The summed E-state index contributed by atoms with van der Waals surface area (Å²) in [6, 6.07) is 0. The molecule has 0 rings (SSSR count). The highest BCUT2D eigenvalue weighted by Gasteiger charge is 1.94. The van der Waals surface area contributed by atoms with Crippen LogP contribution in [-0.2, 0) is 4.79 Å². The van der Waals surface area contributed by atoms with Gasteiger partial charge in [-0.2, -0.15) is 0 Å². The normalized spacial score (nSPS) is 7.80. The molecule has 0 atom stereocenters. The van der Waals surface area contributed by atoms with Gasteiger partial charge in [0.25, 0.3) is 0 Å². The first-order valence-electron chi connectivity index (χ1n) is 3.03. The van der Waals surface area contributed by atoms with Crippen LogP contribution in [0.5, 0.6) is 0 Å². The lowest BCUT2D eigenvalue weighted by molar-refractivity contribution is -0.120. The van der Waals surface area contributed by atoms with Crippen molar-refractivity contribution in [3.8, 4) is 11.8 Å². The number of carbonyl (C=O) groups is 1. The summed E-state index contributed by atoms with van der Waals surface area (Å²) in [4.78, 5) is 10.7. The van der Waals surface area contributed by atoms with Crippen molar-refractivity contribution in [1.82, 2.24) is 5.32 Å². The van der Waals surface area contributed by atoms with Gasteiger partial charge in [0.2, 0.25) is 5.91 Å². The molecule has 0 aromatic rings. The largest absolute Gasteiger partial charge is 0.345 e. The molecule has 0 heterocycles. The number of alkyl halides is 1. The van der Waals surface area contributed by atoms with E-state index in [0.717, 1.165) is 0 Å². The fraction of sp³-hybridized carbons (Fsp3) is 0.571. The van der Waals surface area contributed by atoms with E-state index in [9.17, 15) is 4.79 Å². The Morgan fingerprint density at radius 3 is 2.90 bits per heavy atom. The van der Waals surface area contributed by atoms with Crippen LogP contribution in [0.15, 0.2) is 0 Å². The molecular formula is C7H10ClNO. The Hall–Kier alpha value is -0.680. The van der Waals surface area contributed by atoms with Crippen molar-refractivity contribution in [3.63, 3.8) is 0 Å². The fourth-order valence-corrected chi connectivity index (χ4v) is 0.577. The summed E-state index contributed by atoms with van der Waals surface area (Å²) in [6.07, 6.45) is 0.368. The van der Waals surface area contributed by atoms with Crippen LogP contribution in [0, 0.1) is 11.8 Å². The molecule has 0 bridgehead atoms. The first-order chi connectivity index (χ1) is 4.81. The third-order valence-corrected chi connectivity index (χ3v) is 1.06. The van der Waals surface area contributed by atoms with Crippen LogP contribution >= 0.6 is 11.6 Å². The van der Waals surface area contributed by atoms with E-state index in [1.54, 1.807) is 6.92 Å². The minimum absolute atomic E-state index is 0.0437. The molecule has 0 aromatic heterocycles. The number of hydrogen-bond acceptors (Lipinski definition) is 1. The maximum Gasteiger partial charge on any atom is 0.221 e. The van der Waals surface area contributed by atoms with Gasteiger partial charge >= 0.3 is 0 Å². The predicted molar refractivity (Wildman–Crippen MR) is 41.8 cm³/mol. The molecule has 0 spiro atoms. The average Bonchev–Trinajstić information content (AvgIpc) is 1.89. The smallest absolute Gasteiger partial charge is 0.221 e. The van der Waals surface area contributed by atoms with E-state index >= 15 is 0 Å². The Balaban J connectivity index is 3.27. The third kappa shape index (κ3) is 5.46. The van der Waals surface area contributed by atoms with Crippen molar-refractivity contribution < 1.29 is 4.79 Å². The lowest BCUT2D eigenvalue weighted by Crippen LogP contribution is -2.23. The Kier molecular flexibility index (Phi) is 6.00. The second-order valence-electron chi connectivity index (χ2n) is 1.64. The second kappa shape index (κ2) is 6.44. The fourth-order valence-electron chi connectivity index (χ4n) is 0.405. The van der Waals surface area contributed by atoms with Crippen LogP contribution < -0.4 is 5.32 Å². The molecule has 10 heavy (non-hydrogen) atoms. The van der Waals surface area contributed by atoms with Gasteiger partial charge in [0.15, 0.2) is 0 Å². The van der Waals surface area contributed by atoms with E-state index in [2.05, 4.69) is 17.2 Å². The number of carbonyl (C=O) groups excluding carboxylic acids is 1. The van der Waals surface area contributed by atoms with E-state index in [1.165, 1.54) is 0 Å². The van der Waals surface area contributed by atoms with Gasteiger partial charge in [-0.05, 0) is 6.92 Å². The van der Waals surface area contributed by atoms with Crippen LogP contribution in [0.2, 0.25) is 0 Å². The highest BCUT2D eigenvalue weighted by atomic mass is 35.5. The molecule has 0 aliphatic heterocycles. The van der Waals surface area contributed by atoms with Crippen molar-refractivity contribution in [2.75, 3.05) is 12.4 Å². The highest BCUT2D eigenvalue weighted by molar-refractivity contribution is 6.18. The van der Waals surface area contributed by atoms with Crippen molar-refractivity contribution in [2.24, 2.45) is 0 Å². The van der Waals surface area contributed by atoms with Crippen LogP contribution in [0.3, 0.4) is 0 Å². The number of rotatable bonds is 3. The van der Waals surface area contributed by atoms with Crippen LogP contribution in [-0.4, -0.2) is 18.3 Å². The van der Waals surface area contributed by atoms with Gasteiger partial charge in [0.1, 0.15) is 0 Å². The maximum atomic E-state index is 10.7. The van der Waals surface area contributed by atoms with Crippen LogP contribution in [0.1, 0.15) is 13.3 Å². The summed E-state index contributed by atoms with van der Waals surface area (Å²) < 4.78 is 0. The summed E-state index contributed by atoms with van der Waals surface area (Å²) in [5.74, 6) is 5.70. The van der Waals surface area contributed by atoms with E-state index in [4.69, 9.17) is 11.6 Å². The Labute approximate surface area is 65.9 Å². The molecule has 1 amide bonds. The lowest BCUT2D eigenvalue weighted by atomic mass is 10.4. The van der Waals surface area contributed by atoms with Crippen LogP contribution in [0.25, 0.3) is 0 Å². The van der Waals surface area contributed by atoms with Gasteiger partial charge in [-0.25, -0.2) is 0 Å². The van der Waals surface area contributed by atoms with Gasteiger partial charge in [-0.3, -0.25) is 4.79 Å². The first-order valence-corrected chi connectivity index (χ1v) is 3.57. The molecule has 56 valence electrons. The lowest BCUT2D eigenvalue weighted by Gasteiger charge is -1.95. The molecule has 0 saturated heterocycles. The molecule has 0 aromatic carbocycles. The Morgan fingerprint density at radius 2 is 2.40 bits per heavy atom. The molecule has 1 N–H and O–H groups in total. The van der Waals surface area contributed by atoms with Gasteiger partial charge in [-0.1, -0.05) is 5.92 Å².